The number of amides is 2. The van der Waals surface area contributed by atoms with Gasteiger partial charge in [0.1, 0.15) is 0 Å². The van der Waals surface area contributed by atoms with E-state index in [1.807, 2.05) is 13.8 Å². The summed E-state index contributed by atoms with van der Waals surface area (Å²) in [6.45, 7) is 20.1. The molecule has 6 nitrogen and oxygen atoms in total. The minimum Gasteiger partial charge on any atom is -0.359 e. The molecule has 8 heteroatoms. The predicted octanol–water partition coefficient (Wildman–Crippen LogP) is 13.3. The van der Waals surface area contributed by atoms with Crippen molar-refractivity contribution in [2.24, 2.45) is 0 Å². The number of unbranched alkanes of at least 4 members (excludes halogenated alkanes) is 24. The van der Waals surface area contributed by atoms with Crippen molar-refractivity contribution in [2.45, 2.75) is 234 Å². The number of carbonyl (C=O) groups excluding carboxylic acids is 2. The van der Waals surface area contributed by atoms with E-state index < -0.39 is 0 Å². The van der Waals surface area contributed by atoms with Crippen LogP contribution in [0.2, 0.25) is 0 Å². The van der Waals surface area contributed by atoms with E-state index in [9.17, 15) is 9.59 Å². The van der Waals surface area contributed by atoms with Crippen LogP contribution in [-0.4, -0.2) is 63.0 Å². The van der Waals surface area contributed by atoms with Crippen LogP contribution in [0.4, 0.5) is 0 Å². The van der Waals surface area contributed by atoms with Gasteiger partial charge in [-0.15, -0.1) is 23.3 Å². The van der Waals surface area contributed by atoms with Crippen LogP contribution in [0, 0.1) is 0 Å². The van der Waals surface area contributed by atoms with Gasteiger partial charge in [0.15, 0.2) is 0 Å². The summed E-state index contributed by atoms with van der Waals surface area (Å²) in [4.78, 5) is 24.6. The summed E-state index contributed by atoms with van der Waals surface area (Å²) in [6.07, 6.45) is 40.3. The van der Waals surface area contributed by atoms with Crippen LogP contribution in [0.25, 0.3) is 0 Å². The lowest BCUT2D eigenvalue weighted by Gasteiger charge is -2.21. The number of rotatable bonds is 40. The maximum Gasteiger partial charge on any atom is 0.221 e. The van der Waals surface area contributed by atoms with Crippen LogP contribution in [0.1, 0.15) is 234 Å². The van der Waals surface area contributed by atoms with Gasteiger partial charge in [0.25, 0.3) is 0 Å². The van der Waals surface area contributed by atoms with Gasteiger partial charge in [-0.25, -0.2) is 0 Å². The number of nitrogens with one attached hydrogen (secondary N) is 3. The van der Waals surface area contributed by atoms with Crippen LogP contribution in [0.5, 0.6) is 0 Å². The maximum atomic E-state index is 12.2. The minimum atomic E-state index is 0.232. The smallest absolute Gasteiger partial charge is 0.221 e. The summed E-state index contributed by atoms with van der Waals surface area (Å²) in [5.74, 6) is 0.232. The van der Waals surface area contributed by atoms with E-state index in [1.54, 1.807) is 0 Å². The number of hydrogen-bond donors (Lipinski definition) is 5. The molecule has 0 aliphatic carbocycles. The fourth-order valence-electron chi connectivity index (χ4n) is 6.33. The van der Waals surface area contributed by atoms with Crippen molar-refractivity contribution in [2.75, 3.05) is 45.8 Å². The second kappa shape index (κ2) is 60.8. The summed E-state index contributed by atoms with van der Waals surface area (Å²) in [7, 11) is 0. The molecule has 0 spiro atoms. The molecule has 2 amide bonds. The van der Waals surface area contributed by atoms with Gasteiger partial charge in [-0.1, -0.05) is 189 Å². The molecule has 0 aromatic heterocycles. The van der Waals surface area contributed by atoms with Gasteiger partial charge in [0.05, 0.1) is 0 Å². The van der Waals surface area contributed by atoms with Gasteiger partial charge in [0.2, 0.25) is 12.3 Å². The van der Waals surface area contributed by atoms with Crippen molar-refractivity contribution in [1.29, 1.82) is 0 Å². The molecule has 0 atom stereocenters. The molecule has 3 N–H and O–H groups in total. The van der Waals surface area contributed by atoms with Gasteiger partial charge in [-0.2, -0.15) is 0 Å². The van der Waals surface area contributed by atoms with Crippen LogP contribution < -0.4 is 16.0 Å². The van der Waals surface area contributed by atoms with E-state index in [1.165, 1.54) is 167 Å². The number of nitrogens with zero attached hydrogens (tertiary/aromatic N) is 1. The Balaban J connectivity index is -0.000000480. The molecule has 0 rings (SSSR count). The summed E-state index contributed by atoms with van der Waals surface area (Å²) in [6, 6.07) is 0. The van der Waals surface area contributed by atoms with Crippen LogP contribution in [0.3, 0.4) is 0 Å². The molecule has 0 saturated carbocycles. The van der Waals surface area contributed by atoms with Crippen LogP contribution in [0.15, 0.2) is 0 Å². The molecule has 0 bridgehead atoms. The molecule has 0 heterocycles. The summed E-state index contributed by atoms with van der Waals surface area (Å²) in [5.41, 5.74) is 0. The zero-order chi connectivity index (χ0) is 40.1. The van der Waals surface area contributed by atoms with E-state index in [-0.39, 0.29) is 5.91 Å². The van der Waals surface area contributed by atoms with Gasteiger partial charge >= 0.3 is 0 Å². The van der Waals surface area contributed by atoms with Crippen LogP contribution >= 0.6 is 23.3 Å². The highest BCUT2D eigenvalue weighted by molar-refractivity contribution is 8.59. The Kier molecular flexibility index (Phi) is 68.0. The lowest BCUT2D eigenvalue weighted by Crippen LogP contribution is -2.32. The maximum absolute atomic E-state index is 12.2. The number of carbonyl (C=O) groups is 2. The normalized spacial score (nSPS) is 10.4. The summed E-state index contributed by atoms with van der Waals surface area (Å²) >= 11 is 6.44. The Bertz CT molecular complexity index is 631. The predicted molar refractivity (Wildman–Crippen MR) is 247 cm³/mol. The van der Waals surface area contributed by atoms with Gasteiger partial charge in [0, 0.05) is 26.1 Å². The summed E-state index contributed by atoms with van der Waals surface area (Å²) < 4.78 is 0. The van der Waals surface area contributed by atoms with E-state index in [4.69, 9.17) is 0 Å². The van der Waals surface area contributed by atoms with Crippen molar-refractivity contribution < 1.29 is 9.59 Å². The third kappa shape index (κ3) is 61.0. The molecular formula is C45H98N4O2S2. The lowest BCUT2D eigenvalue weighted by molar-refractivity contribution is -0.121. The molecular weight excluding hydrogens is 693 g/mol. The molecule has 0 fully saturated rings. The van der Waals surface area contributed by atoms with Gasteiger partial charge in [-0.05, 0) is 64.7 Å². The summed E-state index contributed by atoms with van der Waals surface area (Å²) in [5, 5.41) is 9.36. The number of hydrogen-bond acceptors (Lipinski definition) is 6. The average molecular weight is 791 g/mol. The Morgan fingerprint density at radius 3 is 1.25 bits per heavy atom. The van der Waals surface area contributed by atoms with Gasteiger partial charge in [-0.3, -0.25) is 9.59 Å². The molecule has 0 aliphatic heterocycles. The van der Waals surface area contributed by atoms with E-state index in [0.717, 1.165) is 71.5 Å². The topological polar surface area (TPSA) is 73.5 Å². The van der Waals surface area contributed by atoms with Crippen molar-refractivity contribution in [3.8, 4) is 0 Å². The molecule has 0 saturated heterocycles. The second-order valence-electron chi connectivity index (χ2n) is 14.6. The third-order valence-electron chi connectivity index (χ3n) is 9.59. The average Bonchev–Trinajstić information content (AvgIpc) is 3.19. The highest BCUT2D eigenvalue weighted by Gasteiger charge is 2.07. The minimum absolute atomic E-state index is 0.232. The fraction of sp³-hybridized carbons (Fsp3) is 0.956. The fourth-order valence-corrected chi connectivity index (χ4v) is 6.33. The highest BCUT2D eigenvalue weighted by Crippen LogP contribution is 2.13. The quantitative estimate of drug-likeness (QED) is 0.0185. The Morgan fingerprint density at radius 2 is 0.830 bits per heavy atom. The third-order valence-corrected chi connectivity index (χ3v) is 9.59. The first-order chi connectivity index (χ1) is 26.2. The number of thiol groups is 2. The van der Waals surface area contributed by atoms with Crippen molar-refractivity contribution >= 4 is 35.6 Å². The molecule has 0 unspecified atom stereocenters. The van der Waals surface area contributed by atoms with E-state index >= 15 is 0 Å². The first-order valence-electron chi connectivity index (χ1n) is 23.2. The molecule has 0 aromatic rings. The Hall–Kier alpha value is -0.440. The van der Waals surface area contributed by atoms with Crippen molar-refractivity contribution in [1.82, 2.24) is 20.9 Å². The molecule has 322 valence electrons. The monoisotopic (exact) mass is 791 g/mol. The zero-order valence-electron chi connectivity index (χ0n) is 36.9. The highest BCUT2D eigenvalue weighted by atomic mass is 33.1. The van der Waals surface area contributed by atoms with Crippen molar-refractivity contribution in [3.05, 3.63) is 0 Å². The Morgan fingerprint density at radius 1 is 0.453 bits per heavy atom. The standard InChI is InChI=1S/C28H59N3O.C15H31NO.C2H6.H2S2/c1-4-7-9-10-11-12-13-14-15-16-17-18-24-30-28(32)21-27-31(25-6-3)26-20-19-23-29-22-8-5-2;1-2-3-4-5-6-7-8-9-10-11-12-13-14-16-15-17;2*1-2/h29H,4-27H2,1-3H3,(H,30,32);15H,2-14H2,1H3,(H,16,17);1-2H3;1-2H. The Labute approximate surface area is 344 Å². The molecule has 53 heavy (non-hydrogen) atoms. The van der Waals surface area contributed by atoms with Gasteiger partial charge < -0.3 is 20.9 Å². The largest absolute Gasteiger partial charge is 0.359 e. The zero-order valence-corrected chi connectivity index (χ0v) is 38.7. The molecule has 0 aliphatic rings. The SMILES string of the molecule is CC.CCCCCCCCCCCCCCNC(=O)CCN(CCC)CCCCNCCCC.CCCCCCCCCCCCCCNC=O.SS. The van der Waals surface area contributed by atoms with Crippen LogP contribution in [-0.2, 0) is 9.59 Å². The van der Waals surface area contributed by atoms with E-state index in [0.29, 0.717) is 6.42 Å². The second-order valence-corrected chi connectivity index (χ2v) is 14.6. The van der Waals surface area contributed by atoms with E-state index in [2.05, 4.69) is 71.9 Å². The molecule has 0 radical (unpaired) electrons. The molecule has 0 aromatic carbocycles. The lowest BCUT2D eigenvalue weighted by atomic mass is 10.1. The van der Waals surface area contributed by atoms with Crippen molar-refractivity contribution in [3.63, 3.8) is 0 Å². The first kappa shape index (κ1) is 59.3. The first-order valence-corrected chi connectivity index (χ1v) is 24.8.